The van der Waals surface area contributed by atoms with Gasteiger partial charge in [-0.3, -0.25) is 9.78 Å². The molecular weight excluding hydrogens is 336 g/mol. The van der Waals surface area contributed by atoms with Crippen LogP contribution in [0.4, 0.5) is 5.69 Å². The number of carbonyl (C=O) groups is 2. The third-order valence-corrected chi connectivity index (χ3v) is 3.41. The van der Waals surface area contributed by atoms with Crippen LogP contribution >= 0.6 is 0 Å². The summed E-state index contributed by atoms with van der Waals surface area (Å²) in [6.45, 7) is 3.03. The molecule has 0 aliphatic carbocycles. The maximum atomic E-state index is 12.3. The van der Waals surface area contributed by atoms with Crippen molar-refractivity contribution in [3.05, 3.63) is 60.2 Å². The zero-order valence-electron chi connectivity index (χ0n) is 14.2. The molecule has 0 saturated heterocycles. The van der Waals surface area contributed by atoms with E-state index in [1.165, 1.54) is 13.0 Å². The maximum Gasteiger partial charge on any atom is 0.338 e. The number of hydrogen-bond acceptors (Lipinski definition) is 7. The molecule has 26 heavy (non-hydrogen) atoms. The van der Waals surface area contributed by atoms with E-state index in [0.29, 0.717) is 22.6 Å². The van der Waals surface area contributed by atoms with Crippen LogP contribution in [0.3, 0.4) is 0 Å². The molecule has 2 heterocycles. The highest BCUT2D eigenvalue weighted by Crippen LogP contribution is 2.21. The van der Waals surface area contributed by atoms with Gasteiger partial charge in [-0.15, -0.1) is 0 Å². The number of nitrogens with one attached hydrogen (secondary N) is 1. The first kappa shape index (κ1) is 17.3. The number of hydrogen-bond donors (Lipinski definition) is 1. The second kappa shape index (κ2) is 7.56. The Hall–Kier alpha value is -3.55. The Labute approximate surface area is 149 Å². The second-order valence-electron chi connectivity index (χ2n) is 5.51. The van der Waals surface area contributed by atoms with E-state index in [1.54, 1.807) is 49.6 Å². The number of pyridine rings is 1. The standard InChI is InChI=1S/C18H16N4O4/c1-11(17-21-16(22-26-17)14-6-4-8-19-10-14)25-18(24)13-5-3-7-15(9-13)20-12(2)23/h3-11H,1-2H3,(H,20,23)/t11-/m1/s1. The third-order valence-electron chi connectivity index (χ3n) is 3.41. The van der Waals surface area contributed by atoms with Crippen molar-refractivity contribution in [3.63, 3.8) is 0 Å². The van der Waals surface area contributed by atoms with Crippen LogP contribution in [0.25, 0.3) is 11.4 Å². The molecule has 0 bridgehead atoms. The number of amides is 1. The van der Waals surface area contributed by atoms with Crippen molar-refractivity contribution in [1.29, 1.82) is 0 Å². The van der Waals surface area contributed by atoms with Crippen molar-refractivity contribution in [2.75, 3.05) is 5.32 Å². The van der Waals surface area contributed by atoms with Gasteiger partial charge in [0.15, 0.2) is 6.10 Å². The molecule has 0 saturated carbocycles. The van der Waals surface area contributed by atoms with Gasteiger partial charge >= 0.3 is 5.97 Å². The summed E-state index contributed by atoms with van der Waals surface area (Å²) >= 11 is 0. The summed E-state index contributed by atoms with van der Waals surface area (Å²) in [4.78, 5) is 31.7. The third kappa shape index (κ3) is 4.10. The van der Waals surface area contributed by atoms with Gasteiger partial charge in [0.1, 0.15) is 0 Å². The lowest BCUT2D eigenvalue weighted by atomic mass is 10.2. The van der Waals surface area contributed by atoms with Crippen LogP contribution in [0.2, 0.25) is 0 Å². The lowest BCUT2D eigenvalue weighted by Gasteiger charge is -2.10. The lowest BCUT2D eigenvalue weighted by molar-refractivity contribution is -0.114. The Morgan fingerprint density at radius 1 is 1.23 bits per heavy atom. The largest absolute Gasteiger partial charge is 0.449 e. The molecule has 1 amide bonds. The molecule has 2 aromatic heterocycles. The molecule has 0 radical (unpaired) electrons. The number of rotatable bonds is 5. The SMILES string of the molecule is CC(=O)Nc1cccc(C(=O)O[C@H](C)c2nc(-c3cccnc3)no2)c1. The average Bonchev–Trinajstić information content (AvgIpc) is 3.12. The molecule has 132 valence electrons. The maximum absolute atomic E-state index is 12.3. The van der Waals surface area contributed by atoms with Gasteiger partial charge in [0.2, 0.25) is 11.7 Å². The number of benzene rings is 1. The Bertz CT molecular complexity index is 924. The van der Waals surface area contributed by atoms with Gasteiger partial charge in [-0.05, 0) is 37.3 Å². The zero-order chi connectivity index (χ0) is 18.5. The Morgan fingerprint density at radius 3 is 2.81 bits per heavy atom. The number of ether oxygens (including phenoxy) is 1. The van der Waals surface area contributed by atoms with Crippen molar-refractivity contribution in [2.45, 2.75) is 20.0 Å². The highest BCUT2D eigenvalue weighted by Gasteiger charge is 2.20. The fourth-order valence-electron chi connectivity index (χ4n) is 2.22. The van der Waals surface area contributed by atoms with Crippen LogP contribution in [-0.4, -0.2) is 27.0 Å². The molecular formula is C18H16N4O4. The summed E-state index contributed by atoms with van der Waals surface area (Å²) in [5, 5.41) is 6.48. The number of anilines is 1. The minimum absolute atomic E-state index is 0.176. The molecule has 3 rings (SSSR count). The minimum atomic E-state index is -0.732. The number of carbonyl (C=O) groups excluding carboxylic acids is 2. The molecule has 0 spiro atoms. The number of aromatic nitrogens is 3. The van der Waals surface area contributed by atoms with Crippen molar-refractivity contribution < 1.29 is 18.8 Å². The van der Waals surface area contributed by atoms with Crippen LogP contribution in [0, 0.1) is 0 Å². The van der Waals surface area contributed by atoms with Crippen molar-refractivity contribution in [2.24, 2.45) is 0 Å². The molecule has 1 aromatic carbocycles. The van der Waals surface area contributed by atoms with Gasteiger partial charge in [0.05, 0.1) is 5.56 Å². The minimum Gasteiger partial charge on any atom is -0.449 e. The molecule has 3 aromatic rings. The predicted molar refractivity (Wildman–Crippen MR) is 92.1 cm³/mol. The highest BCUT2D eigenvalue weighted by molar-refractivity contribution is 5.93. The summed E-state index contributed by atoms with van der Waals surface area (Å²) in [6.07, 6.45) is 2.52. The Morgan fingerprint density at radius 2 is 2.08 bits per heavy atom. The van der Waals surface area contributed by atoms with E-state index in [4.69, 9.17) is 9.26 Å². The van der Waals surface area contributed by atoms with E-state index in [-0.39, 0.29) is 11.8 Å². The van der Waals surface area contributed by atoms with E-state index in [1.807, 2.05) is 0 Å². The second-order valence-corrected chi connectivity index (χ2v) is 5.51. The first-order valence-electron chi connectivity index (χ1n) is 7.85. The topological polar surface area (TPSA) is 107 Å². The van der Waals surface area contributed by atoms with Crippen LogP contribution in [0.5, 0.6) is 0 Å². The van der Waals surface area contributed by atoms with Crippen LogP contribution in [0.1, 0.15) is 36.2 Å². The van der Waals surface area contributed by atoms with Gasteiger partial charge in [-0.1, -0.05) is 11.2 Å². The summed E-state index contributed by atoms with van der Waals surface area (Å²) in [7, 11) is 0. The molecule has 0 unspecified atom stereocenters. The first-order valence-corrected chi connectivity index (χ1v) is 7.85. The molecule has 1 N–H and O–H groups in total. The summed E-state index contributed by atoms with van der Waals surface area (Å²) < 4.78 is 10.5. The van der Waals surface area contributed by atoms with Gasteiger partial charge in [0.25, 0.3) is 5.89 Å². The zero-order valence-corrected chi connectivity index (χ0v) is 14.2. The monoisotopic (exact) mass is 352 g/mol. The molecule has 0 aliphatic heterocycles. The van der Waals surface area contributed by atoms with E-state index in [9.17, 15) is 9.59 Å². The number of esters is 1. The van der Waals surface area contributed by atoms with Gasteiger partial charge < -0.3 is 14.6 Å². The van der Waals surface area contributed by atoms with Crippen molar-refractivity contribution in [1.82, 2.24) is 15.1 Å². The van der Waals surface area contributed by atoms with Gasteiger partial charge in [-0.2, -0.15) is 4.98 Å². The molecule has 0 aliphatic rings. The van der Waals surface area contributed by atoms with E-state index < -0.39 is 12.1 Å². The number of nitrogens with zero attached hydrogens (tertiary/aromatic N) is 3. The average molecular weight is 352 g/mol. The van der Waals surface area contributed by atoms with Gasteiger partial charge in [-0.25, -0.2) is 4.79 Å². The smallest absolute Gasteiger partial charge is 0.338 e. The Balaban J connectivity index is 1.70. The fraction of sp³-hybridized carbons (Fsp3) is 0.167. The molecule has 0 fully saturated rings. The van der Waals surface area contributed by atoms with Crippen LogP contribution < -0.4 is 5.32 Å². The quantitative estimate of drug-likeness (QED) is 0.703. The summed E-state index contributed by atoms with van der Waals surface area (Å²) in [6, 6.07) is 10.0. The normalized spacial score (nSPS) is 11.6. The van der Waals surface area contributed by atoms with E-state index in [0.717, 1.165) is 0 Å². The van der Waals surface area contributed by atoms with Gasteiger partial charge in [0, 0.05) is 30.6 Å². The highest BCUT2D eigenvalue weighted by atomic mass is 16.6. The molecule has 8 heteroatoms. The van der Waals surface area contributed by atoms with Crippen LogP contribution in [-0.2, 0) is 9.53 Å². The van der Waals surface area contributed by atoms with Crippen molar-refractivity contribution in [3.8, 4) is 11.4 Å². The van der Waals surface area contributed by atoms with E-state index in [2.05, 4.69) is 20.4 Å². The summed E-state index contributed by atoms with van der Waals surface area (Å²) in [5.41, 5.74) is 1.51. The summed E-state index contributed by atoms with van der Waals surface area (Å²) in [5.74, 6) is -0.248. The van der Waals surface area contributed by atoms with Crippen LogP contribution in [0.15, 0.2) is 53.3 Å². The van der Waals surface area contributed by atoms with Crippen molar-refractivity contribution >= 4 is 17.6 Å². The Kier molecular flexibility index (Phi) is 5.02. The lowest BCUT2D eigenvalue weighted by Crippen LogP contribution is -2.11. The fourth-order valence-corrected chi connectivity index (χ4v) is 2.22. The predicted octanol–water partition coefficient (Wildman–Crippen LogP) is 3.01. The van der Waals surface area contributed by atoms with E-state index >= 15 is 0 Å². The molecule has 1 atom stereocenters. The first-order chi connectivity index (χ1) is 12.5. The molecule has 8 nitrogen and oxygen atoms in total.